The van der Waals surface area contributed by atoms with Crippen molar-refractivity contribution in [3.63, 3.8) is 0 Å². The summed E-state index contributed by atoms with van der Waals surface area (Å²) in [6.45, 7) is 0.589. The molecule has 2 aromatic rings. The fourth-order valence-electron chi connectivity index (χ4n) is 1.60. The summed E-state index contributed by atoms with van der Waals surface area (Å²) in [7, 11) is 3.33. The number of hydrogen-bond acceptors (Lipinski definition) is 3. The van der Waals surface area contributed by atoms with Crippen LogP contribution in [0.15, 0.2) is 35.4 Å². The van der Waals surface area contributed by atoms with Crippen molar-refractivity contribution in [2.75, 3.05) is 7.11 Å². The minimum absolute atomic E-state index is 0.0847. The van der Waals surface area contributed by atoms with E-state index < -0.39 is 0 Å². The first-order chi connectivity index (χ1) is 8.20. The molecule has 0 unspecified atom stereocenters. The van der Waals surface area contributed by atoms with E-state index in [1.165, 1.54) is 15.6 Å². The molecule has 90 valence electrons. The molecule has 0 atom stereocenters. The molecule has 0 saturated heterocycles. The normalized spacial score (nSPS) is 10.5. The Morgan fingerprint density at radius 1 is 1.29 bits per heavy atom. The van der Waals surface area contributed by atoms with Gasteiger partial charge in [0.25, 0.3) is 0 Å². The molecule has 17 heavy (non-hydrogen) atoms. The summed E-state index contributed by atoms with van der Waals surface area (Å²) in [6.07, 6.45) is 2.30. The summed E-state index contributed by atoms with van der Waals surface area (Å²) in [4.78, 5) is 11.5. The summed E-state index contributed by atoms with van der Waals surface area (Å²) >= 11 is 0. The Morgan fingerprint density at radius 2 is 2.00 bits per heavy atom. The van der Waals surface area contributed by atoms with Crippen molar-refractivity contribution >= 4 is 0 Å². The fourth-order valence-corrected chi connectivity index (χ4v) is 1.60. The first-order valence-corrected chi connectivity index (χ1v) is 5.42. The van der Waals surface area contributed by atoms with E-state index in [4.69, 9.17) is 4.74 Å². The van der Waals surface area contributed by atoms with Crippen molar-refractivity contribution in [3.05, 3.63) is 46.6 Å². The van der Waals surface area contributed by atoms with Gasteiger partial charge in [0.15, 0.2) is 0 Å². The standard InChI is InChI=1S/C12H15N3O2/c1-14-9-13-15(12(14)16)8-7-10-3-5-11(17-2)6-4-10/h3-6,9H,7-8H2,1-2H3. The van der Waals surface area contributed by atoms with Crippen molar-refractivity contribution in [3.8, 4) is 5.75 Å². The maximum absolute atomic E-state index is 11.5. The monoisotopic (exact) mass is 233 g/mol. The van der Waals surface area contributed by atoms with Crippen molar-refractivity contribution in [2.45, 2.75) is 13.0 Å². The van der Waals surface area contributed by atoms with Crippen LogP contribution in [0.3, 0.4) is 0 Å². The molecule has 0 aliphatic carbocycles. The molecule has 0 saturated carbocycles. The number of aromatic nitrogens is 3. The van der Waals surface area contributed by atoms with Crippen LogP contribution in [0.4, 0.5) is 0 Å². The third kappa shape index (κ3) is 2.55. The third-order valence-electron chi connectivity index (χ3n) is 2.66. The average molecular weight is 233 g/mol. The molecule has 0 amide bonds. The van der Waals surface area contributed by atoms with Crippen LogP contribution < -0.4 is 10.4 Å². The molecular formula is C12H15N3O2. The fraction of sp³-hybridized carbons (Fsp3) is 0.333. The quantitative estimate of drug-likeness (QED) is 0.786. The first kappa shape index (κ1) is 11.4. The molecule has 2 rings (SSSR count). The predicted molar refractivity (Wildman–Crippen MR) is 64.2 cm³/mol. The van der Waals surface area contributed by atoms with Crippen LogP contribution in [0.1, 0.15) is 5.56 Å². The number of aryl methyl sites for hydroxylation is 3. The number of hydrogen-bond donors (Lipinski definition) is 0. The topological polar surface area (TPSA) is 49.0 Å². The van der Waals surface area contributed by atoms with E-state index in [0.717, 1.165) is 17.7 Å². The lowest BCUT2D eigenvalue weighted by molar-refractivity contribution is 0.414. The van der Waals surface area contributed by atoms with Crippen molar-refractivity contribution in [1.82, 2.24) is 14.3 Å². The van der Waals surface area contributed by atoms with Crippen LogP contribution in [0, 0.1) is 0 Å². The highest BCUT2D eigenvalue weighted by atomic mass is 16.5. The molecule has 0 aliphatic rings. The van der Waals surface area contributed by atoms with Gasteiger partial charge in [0.05, 0.1) is 13.7 Å². The molecule has 0 bridgehead atoms. The molecule has 5 nitrogen and oxygen atoms in total. The second-order valence-corrected chi connectivity index (χ2v) is 3.85. The highest BCUT2D eigenvalue weighted by molar-refractivity contribution is 5.27. The first-order valence-electron chi connectivity index (χ1n) is 5.42. The van der Waals surface area contributed by atoms with Gasteiger partial charge >= 0.3 is 5.69 Å². The summed E-state index contributed by atoms with van der Waals surface area (Å²) < 4.78 is 8.01. The van der Waals surface area contributed by atoms with Gasteiger partial charge in [0.1, 0.15) is 12.1 Å². The van der Waals surface area contributed by atoms with Gasteiger partial charge in [-0.15, -0.1) is 0 Å². The Balaban J connectivity index is 2.02. The van der Waals surface area contributed by atoms with E-state index >= 15 is 0 Å². The van der Waals surface area contributed by atoms with Crippen LogP contribution in [0.5, 0.6) is 5.75 Å². The second-order valence-electron chi connectivity index (χ2n) is 3.85. The van der Waals surface area contributed by atoms with Gasteiger partial charge in [0, 0.05) is 7.05 Å². The molecule has 5 heteroatoms. The van der Waals surface area contributed by atoms with E-state index in [9.17, 15) is 4.79 Å². The van der Waals surface area contributed by atoms with Crippen LogP contribution in [0.25, 0.3) is 0 Å². The lowest BCUT2D eigenvalue weighted by atomic mass is 10.1. The zero-order chi connectivity index (χ0) is 12.3. The van der Waals surface area contributed by atoms with Gasteiger partial charge in [0.2, 0.25) is 0 Å². The smallest absolute Gasteiger partial charge is 0.345 e. The van der Waals surface area contributed by atoms with E-state index in [-0.39, 0.29) is 5.69 Å². The number of ether oxygens (including phenoxy) is 1. The largest absolute Gasteiger partial charge is 0.497 e. The maximum Gasteiger partial charge on any atom is 0.345 e. The number of methoxy groups -OCH3 is 1. The van der Waals surface area contributed by atoms with Gasteiger partial charge in [-0.2, -0.15) is 5.10 Å². The second kappa shape index (κ2) is 4.86. The molecule has 0 fully saturated rings. The highest BCUT2D eigenvalue weighted by Gasteiger charge is 2.01. The van der Waals surface area contributed by atoms with Gasteiger partial charge < -0.3 is 4.74 Å². The van der Waals surface area contributed by atoms with Gasteiger partial charge in [-0.25, -0.2) is 9.48 Å². The zero-order valence-electron chi connectivity index (χ0n) is 9.96. The van der Waals surface area contributed by atoms with E-state index in [1.807, 2.05) is 24.3 Å². The molecule has 1 heterocycles. The number of rotatable bonds is 4. The lowest BCUT2D eigenvalue weighted by Crippen LogP contribution is -2.23. The minimum Gasteiger partial charge on any atom is -0.497 e. The van der Waals surface area contributed by atoms with E-state index in [1.54, 1.807) is 14.2 Å². The van der Waals surface area contributed by atoms with Gasteiger partial charge in [-0.1, -0.05) is 12.1 Å². The Labute approximate surface area is 99.3 Å². The summed E-state index contributed by atoms with van der Waals surface area (Å²) in [6, 6.07) is 7.81. The van der Waals surface area contributed by atoms with E-state index in [2.05, 4.69) is 5.10 Å². The molecule has 0 radical (unpaired) electrons. The van der Waals surface area contributed by atoms with E-state index in [0.29, 0.717) is 6.54 Å². The lowest BCUT2D eigenvalue weighted by Gasteiger charge is -2.03. The average Bonchev–Trinajstić information content (AvgIpc) is 2.68. The molecular weight excluding hydrogens is 218 g/mol. The SMILES string of the molecule is COc1ccc(CCn2ncn(C)c2=O)cc1. The van der Waals surface area contributed by atoms with Gasteiger partial charge in [-0.3, -0.25) is 4.57 Å². The summed E-state index contributed by atoms with van der Waals surface area (Å²) in [5, 5.41) is 4.01. The number of benzene rings is 1. The molecule has 1 aromatic carbocycles. The minimum atomic E-state index is -0.0847. The molecule has 0 N–H and O–H groups in total. The molecule has 0 spiro atoms. The zero-order valence-corrected chi connectivity index (χ0v) is 9.96. The Morgan fingerprint density at radius 3 is 2.53 bits per heavy atom. The van der Waals surface area contributed by atoms with Gasteiger partial charge in [-0.05, 0) is 24.1 Å². The van der Waals surface area contributed by atoms with Crippen LogP contribution in [-0.4, -0.2) is 21.5 Å². The number of nitrogens with zero attached hydrogens (tertiary/aromatic N) is 3. The van der Waals surface area contributed by atoms with Crippen LogP contribution in [0.2, 0.25) is 0 Å². The van der Waals surface area contributed by atoms with Crippen molar-refractivity contribution in [2.24, 2.45) is 7.05 Å². The Kier molecular flexibility index (Phi) is 3.27. The molecule has 0 aliphatic heterocycles. The Hall–Kier alpha value is -2.04. The maximum atomic E-state index is 11.5. The summed E-state index contributed by atoms with van der Waals surface area (Å²) in [5.74, 6) is 0.837. The predicted octanol–water partition coefficient (Wildman–Crippen LogP) is 0.833. The van der Waals surface area contributed by atoms with Crippen LogP contribution in [-0.2, 0) is 20.0 Å². The van der Waals surface area contributed by atoms with Crippen molar-refractivity contribution < 1.29 is 4.74 Å². The Bertz CT molecular complexity index is 540. The summed E-state index contributed by atoms with van der Waals surface area (Å²) in [5.41, 5.74) is 1.07. The van der Waals surface area contributed by atoms with Crippen molar-refractivity contribution in [1.29, 1.82) is 0 Å². The third-order valence-corrected chi connectivity index (χ3v) is 2.66. The van der Waals surface area contributed by atoms with Crippen LogP contribution >= 0.6 is 0 Å². The molecule has 1 aromatic heterocycles. The highest BCUT2D eigenvalue weighted by Crippen LogP contribution is 2.11.